The summed E-state index contributed by atoms with van der Waals surface area (Å²) in [4.78, 5) is 24.2. The third kappa shape index (κ3) is 2.71. The van der Waals surface area contributed by atoms with Gasteiger partial charge in [0.05, 0.1) is 13.2 Å². The number of aromatic nitrogens is 1. The molecule has 1 heterocycles. The molecule has 1 aromatic heterocycles. The summed E-state index contributed by atoms with van der Waals surface area (Å²) < 4.78 is 6.48. The van der Waals surface area contributed by atoms with Crippen molar-refractivity contribution in [2.75, 3.05) is 13.7 Å². The molecule has 1 rings (SSSR count). The number of carbonyl (C=O) groups is 2. The highest BCUT2D eigenvalue weighted by atomic mass is 16.5. The molecular formula is C14H22N2O3. The first kappa shape index (κ1) is 15.4. The molecule has 0 saturated heterocycles. The van der Waals surface area contributed by atoms with E-state index in [4.69, 9.17) is 4.74 Å². The highest BCUT2D eigenvalue weighted by Crippen LogP contribution is 2.23. The van der Waals surface area contributed by atoms with Crippen molar-refractivity contribution >= 4 is 11.8 Å². The largest absolute Gasteiger partial charge is 0.464 e. The number of ether oxygens (including phenoxy) is 1. The third-order valence-corrected chi connectivity index (χ3v) is 3.46. The van der Waals surface area contributed by atoms with E-state index in [0.29, 0.717) is 16.8 Å². The lowest BCUT2D eigenvalue weighted by atomic mass is 10.0. The molecule has 1 atom stereocenters. The number of nitrogens with zero attached hydrogens (tertiary/aromatic N) is 1. The van der Waals surface area contributed by atoms with E-state index >= 15 is 0 Å². The highest BCUT2D eigenvalue weighted by molar-refractivity contribution is 6.05. The summed E-state index contributed by atoms with van der Waals surface area (Å²) in [7, 11) is 3.11. The number of nitrogens with one attached hydrogen (secondary N) is 1. The van der Waals surface area contributed by atoms with Gasteiger partial charge in [0, 0.05) is 18.3 Å². The number of methoxy groups -OCH3 is 1. The standard InChI is InChI=1S/C14H22N2O3/c1-7-15-9(3)13(17)11-8(2)12(14(18)19-6)16(5)10(11)4/h9,15H,7H2,1-6H3. The number of Topliss-reactive ketones (excluding diaryl/α,β-unsaturated/α-hetero) is 1. The summed E-state index contributed by atoms with van der Waals surface area (Å²) in [5.74, 6) is -0.416. The minimum Gasteiger partial charge on any atom is -0.464 e. The van der Waals surface area contributed by atoms with Crippen LogP contribution in [-0.2, 0) is 11.8 Å². The van der Waals surface area contributed by atoms with Crippen molar-refractivity contribution in [3.63, 3.8) is 0 Å². The molecule has 0 fully saturated rings. The molecule has 0 amide bonds. The Kier molecular flexibility index (Phi) is 4.89. The van der Waals surface area contributed by atoms with E-state index in [2.05, 4.69) is 5.32 Å². The quantitative estimate of drug-likeness (QED) is 0.649. The van der Waals surface area contributed by atoms with E-state index in [-0.39, 0.29) is 11.8 Å². The monoisotopic (exact) mass is 266 g/mol. The molecule has 0 radical (unpaired) electrons. The molecule has 0 spiro atoms. The molecule has 5 nitrogen and oxygen atoms in total. The summed E-state index contributed by atoms with van der Waals surface area (Å²) in [5, 5.41) is 3.10. The predicted octanol–water partition coefficient (Wildman–Crippen LogP) is 1.61. The van der Waals surface area contributed by atoms with Gasteiger partial charge in [0.15, 0.2) is 5.78 Å². The smallest absolute Gasteiger partial charge is 0.354 e. The van der Waals surface area contributed by atoms with Crippen molar-refractivity contribution < 1.29 is 14.3 Å². The number of esters is 1. The van der Waals surface area contributed by atoms with Crippen LogP contribution < -0.4 is 5.32 Å². The molecule has 0 bridgehead atoms. The first-order valence-corrected chi connectivity index (χ1v) is 6.38. The first-order valence-electron chi connectivity index (χ1n) is 6.38. The fourth-order valence-corrected chi connectivity index (χ4v) is 2.34. The van der Waals surface area contributed by atoms with Gasteiger partial charge in [-0.05, 0) is 32.9 Å². The number of rotatable bonds is 5. The zero-order valence-electron chi connectivity index (χ0n) is 12.5. The van der Waals surface area contributed by atoms with Gasteiger partial charge in [-0.25, -0.2) is 4.79 Å². The predicted molar refractivity (Wildman–Crippen MR) is 73.7 cm³/mol. The summed E-state index contributed by atoms with van der Waals surface area (Å²) >= 11 is 0. The fourth-order valence-electron chi connectivity index (χ4n) is 2.34. The Morgan fingerprint density at radius 3 is 2.42 bits per heavy atom. The summed E-state index contributed by atoms with van der Waals surface area (Å²) in [6.07, 6.45) is 0. The molecule has 106 valence electrons. The maximum absolute atomic E-state index is 12.4. The van der Waals surface area contributed by atoms with Crippen molar-refractivity contribution in [1.29, 1.82) is 0 Å². The van der Waals surface area contributed by atoms with Crippen molar-refractivity contribution in [1.82, 2.24) is 9.88 Å². The maximum Gasteiger partial charge on any atom is 0.354 e. The van der Waals surface area contributed by atoms with Crippen LogP contribution in [0.5, 0.6) is 0 Å². The van der Waals surface area contributed by atoms with Crippen LogP contribution in [0.3, 0.4) is 0 Å². The van der Waals surface area contributed by atoms with E-state index in [0.717, 1.165) is 12.2 Å². The molecule has 5 heteroatoms. The van der Waals surface area contributed by atoms with Gasteiger partial charge < -0.3 is 14.6 Å². The van der Waals surface area contributed by atoms with Gasteiger partial charge in [-0.15, -0.1) is 0 Å². The summed E-state index contributed by atoms with van der Waals surface area (Å²) in [5.41, 5.74) is 2.51. The molecule has 19 heavy (non-hydrogen) atoms. The molecule has 0 saturated carbocycles. The minimum absolute atomic E-state index is 0.00241. The first-order chi connectivity index (χ1) is 8.86. The van der Waals surface area contributed by atoms with E-state index in [9.17, 15) is 9.59 Å². The lowest BCUT2D eigenvalue weighted by Crippen LogP contribution is -2.34. The molecule has 1 aromatic rings. The molecule has 0 aliphatic carbocycles. The van der Waals surface area contributed by atoms with Crippen LogP contribution in [0.4, 0.5) is 0 Å². The fraction of sp³-hybridized carbons (Fsp3) is 0.571. The second-order valence-electron chi connectivity index (χ2n) is 4.63. The Morgan fingerprint density at radius 2 is 1.95 bits per heavy atom. The van der Waals surface area contributed by atoms with Crippen LogP contribution in [0, 0.1) is 13.8 Å². The van der Waals surface area contributed by atoms with Gasteiger partial charge in [0.2, 0.25) is 0 Å². The van der Waals surface area contributed by atoms with Crippen molar-refractivity contribution in [2.24, 2.45) is 7.05 Å². The van der Waals surface area contributed by atoms with Crippen LogP contribution in [0.25, 0.3) is 0 Å². The average Bonchev–Trinajstić information content (AvgIpc) is 2.59. The van der Waals surface area contributed by atoms with Gasteiger partial charge in [-0.3, -0.25) is 4.79 Å². The molecular weight excluding hydrogens is 244 g/mol. The minimum atomic E-state index is -0.418. The second kappa shape index (κ2) is 6.02. The van der Waals surface area contributed by atoms with Crippen molar-refractivity contribution in [3.8, 4) is 0 Å². The number of carbonyl (C=O) groups excluding carboxylic acids is 2. The van der Waals surface area contributed by atoms with Crippen LogP contribution in [0.2, 0.25) is 0 Å². The van der Waals surface area contributed by atoms with E-state index in [1.54, 1.807) is 18.5 Å². The number of hydrogen-bond acceptors (Lipinski definition) is 4. The van der Waals surface area contributed by atoms with E-state index in [1.165, 1.54) is 7.11 Å². The Labute approximate surface area is 113 Å². The van der Waals surface area contributed by atoms with E-state index in [1.807, 2.05) is 20.8 Å². The zero-order valence-corrected chi connectivity index (χ0v) is 12.5. The summed E-state index contributed by atoms with van der Waals surface area (Å²) in [6, 6.07) is -0.268. The molecule has 0 aromatic carbocycles. The zero-order chi connectivity index (χ0) is 14.7. The van der Waals surface area contributed by atoms with Gasteiger partial charge in [0.25, 0.3) is 0 Å². The summed E-state index contributed by atoms with van der Waals surface area (Å²) in [6.45, 7) is 8.13. The normalized spacial score (nSPS) is 12.3. The number of likely N-dealkylation sites (N-methyl/N-ethyl adjacent to an activating group) is 1. The van der Waals surface area contributed by atoms with Gasteiger partial charge in [0.1, 0.15) is 5.69 Å². The van der Waals surface area contributed by atoms with Crippen molar-refractivity contribution in [2.45, 2.75) is 33.7 Å². The van der Waals surface area contributed by atoms with Crippen LogP contribution in [-0.4, -0.2) is 36.0 Å². The lowest BCUT2D eigenvalue weighted by molar-refractivity contribution is 0.0588. The van der Waals surface area contributed by atoms with Gasteiger partial charge >= 0.3 is 5.97 Å². The third-order valence-electron chi connectivity index (χ3n) is 3.46. The number of hydrogen-bond donors (Lipinski definition) is 1. The Hall–Kier alpha value is -1.62. The van der Waals surface area contributed by atoms with Crippen LogP contribution in [0.15, 0.2) is 0 Å². The number of ketones is 1. The molecule has 1 unspecified atom stereocenters. The Bertz CT molecular complexity index is 503. The maximum atomic E-state index is 12.4. The van der Waals surface area contributed by atoms with Gasteiger partial charge in [-0.2, -0.15) is 0 Å². The van der Waals surface area contributed by atoms with Crippen LogP contribution >= 0.6 is 0 Å². The molecule has 0 aliphatic rings. The highest BCUT2D eigenvalue weighted by Gasteiger charge is 2.27. The SMILES string of the molecule is CCNC(C)C(=O)c1c(C)c(C(=O)OC)n(C)c1C. The topological polar surface area (TPSA) is 60.3 Å². The van der Waals surface area contributed by atoms with E-state index < -0.39 is 5.97 Å². The Balaban J connectivity index is 3.30. The second-order valence-corrected chi connectivity index (χ2v) is 4.63. The molecule has 1 N–H and O–H groups in total. The lowest BCUT2D eigenvalue weighted by Gasteiger charge is -2.11. The van der Waals surface area contributed by atoms with Crippen molar-refractivity contribution in [3.05, 3.63) is 22.5 Å². The van der Waals surface area contributed by atoms with Crippen LogP contribution in [0.1, 0.15) is 46.0 Å². The average molecular weight is 266 g/mol. The van der Waals surface area contributed by atoms with Gasteiger partial charge in [-0.1, -0.05) is 6.92 Å². The Morgan fingerprint density at radius 1 is 1.37 bits per heavy atom. The molecule has 0 aliphatic heterocycles.